The molecule has 1 fully saturated rings. The molecule has 1 aliphatic heterocycles. The highest BCUT2D eigenvalue weighted by molar-refractivity contribution is 6.33. The summed E-state index contributed by atoms with van der Waals surface area (Å²) >= 11 is 5.91. The number of piperidine rings is 1. The maximum absolute atomic E-state index is 13.0. The standard InChI is InChI=1S/C18H19ClFN3O/c19-16-12-13(20)6-7-17(16)22-18(24)21-14-8-10-23(11-9-14)15-4-2-1-3-5-15/h1-7,12,14H,8-11H2,(H2,21,22,24). The minimum atomic E-state index is -0.431. The van der Waals surface area contributed by atoms with Crippen LogP contribution in [0.4, 0.5) is 20.6 Å². The van der Waals surface area contributed by atoms with Crippen LogP contribution in [0.15, 0.2) is 48.5 Å². The molecule has 0 radical (unpaired) electrons. The van der Waals surface area contributed by atoms with Crippen LogP contribution in [0.5, 0.6) is 0 Å². The molecule has 0 saturated carbocycles. The van der Waals surface area contributed by atoms with Crippen LogP contribution in [-0.2, 0) is 0 Å². The van der Waals surface area contributed by atoms with E-state index in [1.54, 1.807) is 0 Å². The van der Waals surface area contributed by atoms with Crippen molar-refractivity contribution in [1.29, 1.82) is 0 Å². The average molecular weight is 348 g/mol. The van der Waals surface area contributed by atoms with Crippen LogP contribution >= 0.6 is 11.6 Å². The van der Waals surface area contributed by atoms with Crippen molar-refractivity contribution in [2.45, 2.75) is 18.9 Å². The fourth-order valence-electron chi connectivity index (χ4n) is 2.86. The average Bonchev–Trinajstić information content (AvgIpc) is 2.59. The van der Waals surface area contributed by atoms with Gasteiger partial charge in [0.25, 0.3) is 0 Å². The molecular weight excluding hydrogens is 329 g/mol. The van der Waals surface area contributed by atoms with Crippen molar-refractivity contribution >= 4 is 29.0 Å². The zero-order valence-corrected chi connectivity index (χ0v) is 13.9. The van der Waals surface area contributed by atoms with Crippen molar-refractivity contribution in [3.8, 4) is 0 Å². The monoisotopic (exact) mass is 347 g/mol. The molecule has 3 rings (SSSR count). The number of carbonyl (C=O) groups is 1. The second kappa shape index (κ2) is 7.53. The zero-order valence-electron chi connectivity index (χ0n) is 13.1. The number of para-hydroxylation sites is 1. The molecule has 0 atom stereocenters. The molecule has 2 N–H and O–H groups in total. The Kier molecular flexibility index (Phi) is 5.20. The van der Waals surface area contributed by atoms with Gasteiger partial charge < -0.3 is 15.5 Å². The summed E-state index contributed by atoms with van der Waals surface area (Å²) in [6.45, 7) is 1.79. The topological polar surface area (TPSA) is 44.4 Å². The minimum absolute atomic E-state index is 0.115. The van der Waals surface area contributed by atoms with E-state index in [9.17, 15) is 9.18 Å². The van der Waals surface area contributed by atoms with E-state index < -0.39 is 5.82 Å². The van der Waals surface area contributed by atoms with Gasteiger partial charge in [-0.2, -0.15) is 0 Å². The molecular formula is C18H19ClFN3O. The first-order valence-corrected chi connectivity index (χ1v) is 8.32. The van der Waals surface area contributed by atoms with Gasteiger partial charge in [-0.15, -0.1) is 0 Å². The quantitative estimate of drug-likeness (QED) is 0.870. The predicted octanol–water partition coefficient (Wildman–Crippen LogP) is 4.27. The lowest BCUT2D eigenvalue weighted by Gasteiger charge is -2.34. The molecule has 6 heteroatoms. The first kappa shape index (κ1) is 16.6. The molecule has 2 amide bonds. The Morgan fingerprint density at radius 1 is 1.12 bits per heavy atom. The first-order chi connectivity index (χ1) is 11.6. The van der Waals surface area contributed by atoms with Crippen molar-refractivity contribution in [3.05, 3.63) is 59.4 Å². The Hall–Kier alpha value is -2.27. The molecule has 1 aliphatic rings. The highest BCUT2D eigenvalue weighted by Gasteiger charge is 2.21. The van der Waals surface area contributed by atoms with Gasteiger partial charge in [-0.3, -0.25) is 0 Å². The highest BCUT2D eigenvalue weighted by Crippen LogP contribution is 2.23. The number of amides is 2. The predicted molar refractivity (Wildman–Crippen MR) is 95.2 cm³/mol. The number of urea groups is 1. The van der Waals surface area contributed by atoms with Gasteiger partial charge in [0.1, 0.15) is 5.82 Å². The summed E-state index contributed by atoms with van der Waals surface area (Å²) in [5.74, 6) is -0.431. The summed E-state index contributed by atoms with van der Waals surface area (Å²) in [6, 6.07) is 13.9. The van der Waals surface area contributed by atoms with Crippen LogP contribution in [-0.4, -0.2) is 25.2 Å². The van der Waals surface area contributed by atoms with E-state index in [2.05, 4.69) is 27.7 Å². The van der Waals surface area contributed by atoms with Crippen LogP contribution in [0.3, 0.4) is 0 Å². The number of nitrogens with one attached hydrogen (secondary N) is 2. The van der Waals surface area contributed by atoms with Crippen molar-refractivity contribution in [1.82, 2.24) is 5.32 Å². The summed E-state index contributed by atoms with van der Waals surface area (Å²) in [5.41, 5.74) is 1.61. The van der Waals surface area contributed by atoms with Gasteiger partial charge in [0.05, 0.1) is 10.7 Å². The molecule has 4 nitrogen and oxygen atoms in total. The van der Waals surface area contributed by atoms with E-state index in [0.29, 0.717) is 5.69 Å². The van der Waals surface area contributed by atoms with Gasteiger partial charge >= 0.3 is 6.03 Å². The maximum Gasteiger partial charge on any atom is 0.319 e. The lowest BCUT2D eigenvalue weighted by atomic mass is 10.0. The van der Waals surface area contributed by atoms with Gasteiger partial charge in [0.15, 0.2) is 0 Å². The molecule has 0 spiro atoms. The Balaban J connectivity index is 1.50. The van der Waals surface area contributed by atoms with Crippen LogP contribution in [0.1, 0.15) is 12.8 Å². The summed E-state index contributed by atoms with van der Waals surface area (Å²) in [4.78, 5) is 14.4. The molecule has 0 aromatic heterocycles. The summed E-state index contributed by atoms with van der Waals surface area (Å²) in [5, 5.41) is 5.80. The van der Waals surface area contributed by atoms with Crippen LogP contribution in [0, 0.1) is 5.82 Å². The van der Waals surface area contributed by atoms with Crippen molar-refractivity contribution in [2.24, 2.45) is 0 Å². The molecule has 2 aromatic rings. The van der Waals surface area contributed by atoms with Crippen molar-refractivity contribution in [3.63, 3.8) is 0 Å². The molecule has 1 heterocycles. The second-order valence-corrected chi connectivity index (χ2v) is 6.23. The van der Waals surface area contributed by atoms with Crippen molar-refractivity contribution < 1.29 is 9.18 Å². The molecule has 1 saturated heterocycles. The Morgan fingerprint density at radius 3 is 2.50 bits per heavy atom. The molecule has 2 aromatic carbocycles. The van der Waals surface area contributed by atoms with E-state index in [1.165, 1.54) is 23.9 Å². The van der Waals surface area contributed by atoms with Gasteiger partial charge in [0.2, 0.25) is 0 Å². The van der Waals surface area contributed by atoms with Gasteiger partial charge in [-0.25, -0.2) is 9.18 Å². The van der Waals surface area contributed by atoms with Crippen molar-refractivity contribution in [2.75, 3.05) is 23.3 Å². The minimum Gasteiger partial charge on any atom is -0.371 e. The summed E-state index contributed by atoms with van der Waals surface area (Å²) in [6.07, 6.45) is 1.75. The lowest BCUT2D eigenvalue weighted by molar-refractivity contribution is 0.246. The van der Waals surface area contributed by atoms with E-state index >= 15 is 0 Å². The Bertz CT molecular complexity index is 703. The number of benzene rings is 2. The summed E-state index contributed by atoms with van der Waals surface area (Å²) < 4.78 is 13.0. The smallest absolute Gasteiger partial charge is 0.319 e. The van der Waals surface area contributed by atoms with Gasteiger partial charge in [0, 0.05) is 24.8 Å². The number of hydrogen-bond acceptors (Lipinski definition) is 2. The highest BCUT2D eigenvalue weighted by atomic mass is 35.5. The lowest BCUT2D eigenvalue weighted by Crippen LogP contribution is -2.46. The van der Waals surface area contributed by atoms with Crippen LogP contribution < -0.4 is 15.5 Å². The number of rotatable bonds is 3. The van der Waals surface area contributed by atoms with E-state index in [1.807, 2.05) is 18.2 Å². The molecule has 0 aliphatic carbocycles. The number of hydrogen-bond donors (Lipinski definition) is 2. The number of nitrogens with zero attached hydrogens (tertiary/aromatic N) is 1. The fourth-order valence-corrected chi connectivity index (χ4v) is 3.07. The molecule has 0 unspecified atom stereocenters. The normalized spacial score (nSPS) is 15.2. The Morgan fingerprint density at radius 2 is 1.83 bits per heavy atom. The maximum atomic E-state index is 13.0. The number of carbonyl (C=O) groups excluding carboxylic acids is 1. The van der Waals surface area contributed by atoms with E-state index in [4.69, 9.17) is 11.6 Å². The molecule has 0 bridgehead atoms. The largest absolute Gasteiger partial charge is 0.371 e. The Labute approximate surface area is 145 Å². The molecule has 24 heavy (non-hydrogen) atoms. The number of halogens is 2. The second-order valence-electron chi connectivity index (χ2n) is 5.82. The third kappa shape index (κ3) is 4.17. The fraction of sp³-hybridized carbons (Fsp3) is 0.278. The molecule has 126 valence electrons. The van der Waals surface area contributed by atoms with Crippen LogP contribution in [0.2, 0.25) is 5.02 Å². The third-order valence-electron chi connectivity index (χ3n) is 4.13. The van der Waals surface area contributed by atoms with Gasteiger partial charge in [-0.1, -0.05) is 29.8 Å². The third-order valence-corrected chi connectivity index (χ3v) is 4.44. The summed E-state index contributed by atoms with van der Waals surface area (Å²) in [7, 11) is 0. The van der Waals surface area contributed by atoms with Gasteiger partial charge in [-0.05, 0) is 43.2 Å². The van der Waals surface area contributed by atoms with E-state index in [0.717, 1.165) is 25.9 Å². The van der Waals surface area contributed by atoms with Crippen LogP contribution in [0.25, 0.3) is 0 Å². The van der Waals surface area contributed by atoms with E-state index in [-0.39, 0.29) is 17.1 Å². The zero-order chi connectivity index (χ0) is 16.9. The number of anilines is 2. The first-order valence-electron chi connectivity index (χ1n) is 7.94. The SMILES string of the molecule is O=C(Nc1ccc(F)cc1Cl)NC1CCN(c2ccccc2)CC1.